The van der Waals surface area contributed by atoms with Gasteiger partial charge in [-0.3, -0.25) is 4.79 Å². The summed E-state index contributed by atoms with van der Waals surface area (Å²) in [5.41, 5.74) is 1.33. The molecule has 2 aliphatic carbocycles. The summed E-state index contributed by atoms with van der Waals surface area (Å²) in [4.78, 5) is 11.8. The molecule has 3 fully saturated rings. The summed E-state index contributed by atoms with van der Waals surface area (Å²) < 4.78 is 10.7. The number of benzene rings is 1. The zero-order valence-electron chi connectivity index (χ0n) is 22.8. The van der Waals surface area contributed by atoms with Gasteiger partial charge in [0.05, 0.1) is 12.0 Å². The topological polar surface area (TPSA) is 75.5 Å². The second-order valence-electron chi connectivity index (χ2n) is 10.5. The predicted octanol–water partition coefficient (Wildman–Crippen LogP) is 5.77. The van der Waals surface area contributed by atoms with Crippen LogP contribution in [0.15, 0.2) is 53.1 Å². The molecule has 0 radical (unpaired) electrons. The molecule has 1 saturated heterocycles. The SMILES string of the molecule is O=C(NCCSCc1ccccc1)C1CCCCO1.S=C(NCCSCc1ccco1)NC1CC2CCC1C2. The molecular formula is C30H43N3O3S3. The van der Waals surface area contributed by atoms with Gasteiger partial charge in [0.1, 0.15) is 11.9 Å². The smallest absolute Gasteiger partial charge is 0.249 e. The third kappa shape index (κ3) is 11.0. The van der Waals surface area contributed by atoms with E-state index < -0.39 is 0 Å². The number of hydrogen-bond donors (Lipinski definition) is 3. The highest BCUT2D eigenvalue weighted by molar-refractivity contribution is 7.98. The van der Waals surface area contributed by atoms with Crippen LogP contribution in [0, 0.1) is 11.8 Å². The number of furan rings is 1. The van der Waals surface area contributed by atoms with Gasteiger partial charge in [-0.1, -0.05) is 36.8 Å². The first-order valence-corrected chi connectivity index (χ1v) is 17.0. The number of nitrogens with one attached hydrogen (secondary N) is 3. The molecule has 5 rings (SSSR count). The second kappa shape index (κ2) is 17.2. The van der Waals surface area contributed by atoms with E-state index in [9.17, 15) is 4.79 Å². The van der Waals surface area contributed by atoms with Crippen molar-refractivity contribution in [3.05, 3.63) is 60.1 Å². The van der Waals surface area contributed by atoms with E-state index in [0.29, 0.717) is 6.04 Å². The minimum Gasteiger partial charge on any atom is -0.468 e. The Hall–Kier alpha value is -1.68. The lowest BCUT2D eigenvalue weighted by Crippen LogP contribution is -2.44. The molecule has 2 saturated carbocycles. The minimum absolute atomic E-state index is 0.0556. The molecule has 4 atom stereocenters. The number of hydrogen-bond acceptors (Lipinski definition) is 6. The van der Waals surface area contributed by atoms with Crippen molar-refractivity contribution in [3.8, 4) is 0 Å². The Morgan fingerprint density at radius 3 is 2.44 bits per heavy atom. The van der Waals surface area contributed by atoms with Gasteiger partial charge in [0.2, 0.25) is 5.91 Å². The minimum atomic E-state index is -0.215. The molecule has 214 valence electrons. The summed E-state index contributed by atoms with van der Waals surface area (Å²) in [6, 6.07) is 15.0. The van der Waals surface area contributed by atoms with Crippen molar-refractivity contribution in [1.82, 2.24) is 16.0 Å². The van der Waals surface area contributed by atoms with Crippen LogP contribution in [0.2, 0.25) is 0 Å². The summed E-state index contributed by atoms with van der Waals surface area (Å²) in [7, 11) is 0. The van der Waals surface area contributed by atoms with Crippen LogP contribution in [-0.2, 0) is 21.0 Å². The Morgan fingerprint density at radius 1 is 0.923 bits per heavy atom. The van der Waals surface area contributed by atoms with E-state index in [1.54, 1.807) is 6.26 Å². The fourth-order valence-corrected chi connectivity index (χ4v) is 7.35. The van der Waals surface area contributed by atoms with Gasteiger partial charge in [0.25, 0.3) is 0 Å². The van der Waals surface area contributed by atoms with Crippen LogP contribution in [0.3, 0.4) is 0 Å². The maximum atomic E-state index is 11.8. The summed E-state index contributed by atoms with van der Waals surface area (Å²) in [5.74, 6) is 6.83. The lowest BCUT2D eigenvalue weighted by atomic mass is 9.96. The van der Waals surface area contributed by atoms with Crippen LogP contribution in [0.5, 0.6) is 0 Å². The van der Waals surface area contributed by atoms with Crippen molar-refractivity contribution in [1.29, 1.82) is 0 Å². The second-order valence-corrected chi connectivity index (χ2v) is 13.1. The Morgan fingerprint density at radius 2 is 1.74 bits per heavy atom. The van der Waals surface area contributed by atoms with Crippen molar-refractivity contribution in [2.45, 2.75) is 68.6 Å². The van der Waals surface area contributed by atoms with Gasteiger partial charge >= 0.3 is 0 Å². The molecule has 1 aromatic carbocycles. The number of rotatable bonds is 12. The number of carbonyl (C=O) groups is 1. The molecule has 6 nitrogen and oxygen atoms in total. The first-order valence-electron chi connectivity index (χ1n) is 14.3. The Bertz CT molecular complexity index is 970. The van der Waals surface area contributed by atoms with Gasteiger partial charge in [0.15, 0.2) is 5.11 Å². The maximum absolute atomic E-state index is 11.8. The van der Waals surface area contributed by atoms with E-state index in [1.807, 2.05) is 41.7 Å². The molecule has 1 amide bonds. The van der Waals surface area contributed by atoms with Gasteiger partial charge in [0, 0.05) is 43.0 Å². The molecule has 0 spiro atoms. The molecule has 1 aromatic heterocycles. The lowest BCUT2D eigenvalue weighted by Gasteiger charge is -2.24. The van der Waals surface area contributed by atoms with E-state index in [4.69, 9.17) is 21.4 Å². The molecule has 3 N–H and O–H groups in total. The number of thiocarbonyl (C=S) groups is 1. The molecule has 3 aliphatic rings. The predicted molar refractivity (Wildman–Crippen MR) is 167 cm³/mol. The van der Waals surface area contributed by atoms with Gasteiger partial charge in [-0.25, -0.2) is 0 Å². The largest absolute Gasteiger partial charge is 0.468 e. The average Bonchev–Trinajstić information content (AvgIpc) is 3.74. The molecule has 39 heavy (non-hydrogen) atoms. The third-order valence-corrected chi connectivity index (χ3v) is 9.81. The zero-order valence-corrected chi connectivity index (χ0v) is 25.2. The van der Waals surface area contributed by atoms with E-state index in [-0.39, 0.29) is 12.0 Å². The molecule has 1 aliphatic heterocycles. The van der Waals surface area contributed by atoms with E-state index in [0.717, 1.165) is 84.7 Å². The highest BCUT2D eigenvalue weighted by atomic mass is 32.2. The Labute approximate surface area is 247 Å². The number of amides is 1. The quantitative estimate of drug-likeness (QED) is 0.213. The first kappa shape index (κ1) is 30.3. The monoisotopic (exact) mass is 589 g/mol. The number of thioether (sulfide) groups is 2. The van der Waals surface area contributed by atoms with Crippen molar-refractivity contribution in [2.24, 2.45) is 11.8 Å². The van der Waals surface area contributed by atoms with Gasteiger partial charge in [-0.05, 0) is 80.3 Å². The van der Waals surface area contributed by atoms with Crippen LogP contribution >= 0.6 is 35.7 Å². The molecule has 9 heteroatoms. The summed E-state index contributed by atoms with van der Waals surface area (Å²) in [6.07, 6.45) is 10.1. The van der Waals surface area contributed by atoms with E-state index >= 15 is 0 Å². The van der Waals surface area contributed by atoms with Crippen LogP contribution in [-0.4, -0.2) is 54.4 Å². The fraction of sp³-hybridized carbons (Fsp3) is 0.600. The summed E-state index contributed by atoms with van der Waals surface area (Å²) in [5, 5.41) is 10.6. The average molecular weight is 590 g/mol. The Balaban J connectivity index is 0.000000181. The van der Waals surface area contributed by atoms with Gasteiger partial charge in [-0.2, -0.15) is 23.5 Å². The molecule has 2 aromatic rings. The lowest BCUT2D eigenvalue weighted by molar-refractivity contribution is -0.135. The van der Waals surface area contributed by atoms with Gasteiger partial charge in [-0.15, -0.1) is 0 Å². The van der Waals surface area contributed by atoms with Crippen LogP contribution in [0.25, 0.3) is 0 Å². The zero-order chi connectivity index (χ0) is 27.1. The van der Waals surface area contributed by atoms with Crippen molar-refractivity contribution < 1.29 is 13.9 Å². The molecular weight excluding hydrogens is 547 g/mol. The van der Waals surface area contributed by atoms with Crippen molar-refractivity contribution in [3.63, 3.8) is 0 Å². The summed E-state index contributed by atoms with van der Waals surface area (Å²) >= 11 is 9.09. The highest BCUT2D eigenvalue weighted by Crippen LogP contribution is 2.44. The summed E-state index contributed by atoms with van der Waals surface area (Å²) in [6.45, 7) is 2.36. The van der Waals surface area contributed by atoms with Gasteiger partial charge < -0.3 is 25.1 Å². The fourth-order valence-electron chi connectivity index (χ4n) is 5.52. The maximum Gasteiger partial charge on any atom is 0.249 e. The van der Waals surface area contributed by atoms with Crippen molar-refractivity contribution in [2.75, 3.05) is 31.2 Å². The molecule has 2 heterocycles. The molecule has 2 bridgehead atoms. The Kier molecular flexibility index (Phi) is 13.4. The van der Waals surface area contributed by atoms with E-state index in [2.05, 4.69) is 40.2 Å². The number of fused-ring (bicyclic) bond motifs is 2. The highest BCUT2D eigenvalue weighted by Gasteiger charge is 2.39. The molecule has 4 unspecified atom stereocenters. The standard InChI is InChI=1S/C15H22N2OS2.C15H21NO2S/c19-15(17-14-9-11-3-4-12(14)8-11)16-5-7-20-10-13-2-1-6-18-13;17-15(14-8-4-5-10-18-14)16-9-11-19-12-13-6-2-1-3-7-13/h1-2,6,11-12,14H,3-5,7-10H2,(H2,16,17,19);1-3,6-7,14H,4-5,8-12H2,(H,16,17). The van der Waals surface area contributed by atoms with Crippen LogP contribution in [0.4, 0.5) is 0 Å². The number of carbonyl (C=O) groups excluding carboxylic acids is 1. The van der Waals surface area contributed by atoms with Crippen LogP contribution < -0.4 is 16.0 Å². The van der Waals surface area contributed by atoms with Crippen LogP contribution in [0.1, 0.15) is 56.3 Å². The number of ether oxygens (including phenoxy) is 1. The van der Waals surface area contributed by atoms with E-state index in [1.165, 1.54) is 31.2 Å². The first-order chi connectivity index (χ1) is 19.2. The van der Waals surface area contributed by atoms with Crippen molar-refractivity contribution >= 4 is 46.8 Å². The normalized spacial score (nSPS) is 23.5. The third-order valence-electron chi connectivity index (χ3n) is 7.54.